The predicted molar refractivity (Wildman–Crippen MR) is 119 cm³/mol. The molecular weight excluding hydrogens is 394 g/mol. The summed E-state index contributed by atoms with van der Waals surface area (Å²) in [4.78, 5) is 16.7. The monoisotopic (exact) mass is 425 g/mol. The number of anilines is 1. The first-order valence-electron chi connectivity index (χ1n) is 11.6. The van der Waals surface area contributed by atoms with Crippen molar-refractivity contribution in [2.24, 2.45) is 5.92 Å². The van der Waals surface area contributed by atoms with E-state index in [0.29, 0.717) is 38.9 Å². The molecule has 0 radical (unpaired) electrons. The first-order valence-corrected chi connectivity index (χ1v) is 11.6. The van der Waals surface area contributed by atoms with Crippen LogP contribution in [0.1, 0.15) is 37.7 Å². The minimum atomic E-state index is -0.265. The van der Waals surface area contributed by atoms with Gasteiger partial charge in [0.1, 0.15) is 12.7 Å². The quantitative estimate of drug-likeness (QED) is 0.766. The van der Waals surface area contributed by atoms with Crippen LogP contribution in [-0.2, 0) is 22.4 Å². The Morgan fingerprint density at radius 3 is 2.90 bits per heavy atom. The lowest BCUT2D eigenvalue weighted by molar-refractivity contribution is -0.102. The van der Waals surface area contributed by atoms with Gasteiger partial charge in [-0.15, -0.1) is 0 Å². The van der Waals surface area contributed by atoms with Crippen LogP contribution in [-0.4, -0.2) is 48.6 Å². The molecule has 1 saturated heterocycles. The zero-order valence-electron chi connectivity index (χ0n) is 18.0. The highest BCUT2D eigenvalue weighted by Crippen LogP contribution is 2.32. The first kappa shape index (κ1) is 20.5. The summed E-state index contributed by atoms with van der Waals surface area (Å²) < 4.78 is 18.6. The van der Waals surface area contributed by atoms with Crippen molar-refractivity contribution in [2.45, 2.75) is 51.2 Å². The molecule has 1 saturated carbocycles. The third-order valence-electron chi connectivity index (χ3n) is 6.60. The van der Waals surface area contributed by atoms with Gasteiger partial charge in [-0.3, -0.25) is 4.57 Å². The second-order valence-electron chi connectivity index (χ2n) is 8.80. The molecule has 2 aromatic rings. The van der Waals surface area contributed by atoms with Crippen molar-refractivity contribution in [1.29, 1.82) is 0 Å². The van der Waals surface area contributed by atoms with E-state index < -0.39 is 0 Å². The number of aryl methyl sites for hydroxylation is 1. The van der Waals surface area contributed by atoms with Gasteiger partial charge in [0, 0.05) is 30.4 Å². The molecular formula is C24H31N3O4. The Balaban J connectivity index is 1.31. The summed E-state index contributed by atoms with van der Waals surface area (Å²) in [6, 6.07) is 8.35. The highest BCUT2D eigenvalue weighted by Gasteiger charge is 2.21. The fraction of sp³-hybridized carbons (Fsp3) is 0.583. The maximum absolute atomic E-state index is 12.6. The summed E-state index contributed by atoms with van der Waals surface area (Å²) in [6.45, 7) is 3.70. The molecule has 1 atom stereocenters. The maximum Gasteiger partial charge on any atom is 0.351 e. The molecule has 1 aromatic carbocycles. The highest BCUT2D eigenvalue weighted by atomic mass is 16.6. The smallest absolute Gasteiger partial charge is 0.351 e. The van der Waals surface area contributed by atoms with Crippen molar-refractivity contribution >= 4 is 5.69 Å². The van der Waals surface area contributed by atoms with Crippen LogP contribution in [0.3, 0.4) is 0 Å². The van der Waals surface area contributed by atoms with Crippen LogP contribution in [0.15, 0.2) is 29.1 Å². The summed E-state index contributed by atoms with van der Waals surface area (Å²) in [7, 11) is 0. The van der Waals surface area contributed by atoms with Gasteiger partial charge < -0.3 is 19.5 Å². The van der Waals surface area contributed by atoms with Crippen LogP contribution >= 0.6 is 0 Å². The van der Waals surface area contributed by atoms with Gasteiger partial charge in [0.05, 0.1) is 25.5 Å². The van der Waals surface area contributed by atoms with Crippen LogP contribution < -0.4 is 15.7 Å². The molecule has 1 aliphatic carbocycles. The Bertz CT molecular complexity index is 962. The van der Waals surface area contributed by atoms with E-state index in [9.17, 15) is 4.79 Å². The van der Waals surface area contributed by atoms with Gasteiger partial charge in [-0.05, 0) is 42.9 Å². The molecule has 2 fully saturated rings. The van der Waals surface area contributed by atoms with Gasteiger partial charge in [0.25, 0.3) is 0 Å². The average Bonchev–Trinajstić information content (AvgIpc) is 2.82. The predicted octanol–water partition coefficient (Wildman–Crippen LogP) is 3.25. The van der Waals surface area contributed by atoms with Gasteiger partial charge in [0.2, 0.25) is 5.88 Å². The lowest BCUT2D eigenvalue weighted by Crippen LogP contribution is -2.34. The van der Waals surface area contributed by atoms with Crippen molar-refractivity contribution in [2.75, 3.05) is 38.3 Å². The Morgan fingerprint density at radius 2 is 2.06 bits per heavy atom. The first-order chi connectivity index (χ1) is 15.3. The van der Waals surface area contributed by atoms with E-state index in [1.54, 1.807) is 4.57 Å². The summed E-state index contributed by atoms with van der Waals surface area (Å²) in [5, 5.41) is 3.64. The number of nitrogens with zero attached hydrogens (tertiary/aromatic N) is 2. The Morgan fingerprint density at radius 1 is 1.16 bits per heavy atom. The number of benzene rings is 1. The number of hydrogen-bond acceptors (Lipinski definition) is 6. The zero-order valence-corrected chi connectivity index (χ0v) is 18.0. The fourth-order valence-electron chi connectivity index (χ4n) is 4.86. The third-order valence-corrected chi connectivity index (χ3v) is 6.60. The van der Waals surface area contributed by atoms with Crippen LogP contribution in [0.25, 0.3) is 11.3 Å². The van der Waals surface area contributed by atoms with E-state index in [0.717, 1.165) is 30.1 Å². The van der Waals surface area contributed by atoms with Crippen LogP contribution in [0.2, 0.25) is 0 Å². The normalized spacial score (nSPS) is 21.2. The number of fused-ring (bicyclic) bond motifs is 3. The van der Waals surface area contributed by atoms with Crippen molar-refractivity contribution < 1.29 is 14.2 Å². The molecule has 0 amide bonds. The largest absolute Gasteiger partial charge is 0.475 e. The van der Waals surface area contributed by atoms with E-state index in [1.807, 2.05) is 6.07 Å². The molecule has 7 heteroatoms. The van der Waals surface area contributed by atoms with E-state index in [4.69, 9.17) is 14.2 Å². The van der Waals surface area contributed by atoms with Gasteiger partial charge in [-0.25, -0.2) is 4.79 Å². The van der Waals surface area contributed by atoms with E-state index in [1.165, 1.54) is 43.4 Å². The number of aromatic nitrogens is 2. The van der Waals surface area contributed by atoms with E-state index in [2.05, 4.69) is 28.5 Å². The Labute approximate surface area is 182 Å². The van der Waals surface area contributed by atoms with Crippen LogP contribution in [0.4, 0.5) is 5.69 Å². The summed E-state index contributed by atoms with van der Waals surface area (Å²) in [5.74, 6) is 1.13. The summed E-state index contributed by atoms with van der Waals surface area (Å²) >= 11 is 0. The molecule has 2 aliphatic heterocycles. The highest BCUT2D eigenvalue weighted by molar-refractivity contribution is 5.69. The molecule has 3 aliphatic rings. The summed E-state index contributed by atoms with van der Waals surface area (Å²) in [6.07, 6.45) is 7.48. The van der Waals surface area contributed by atoms with E-state index >= 15 is 0 Å². The molecule has 1 N–H and O–H groups in total. The lowest BCUT2D eigenvalue weighted by atomic mass is 9.89. The van der Waals surface area contributed by atoms with E-state index in [-0.39, 0.29) is 11.8 Å². The minimum Gasteiger partial charge on any atom is -0.475 e. The molecule has 31 heavy (non-hydrogen) atoms. The van der Waals surface area contributed by atoms with Gasteiger partial charge in [-0.2, -0.15) is 4.98 Å². The molecule has 3 heterocycles. The van der Waals surface area contributed by atoms with Crippen molar-refractivity contribution in [1.82, 2.24) is 9.55 Å². The standard InChI is InChI=1S/C24H31N3O4/c28-24-26-23(31-16-20-15-29-10-11-30-20)13-22-21-7-6-19(12-18(21)8-9-27(22)24)25-14-17-4-2-1-3-5-17/h6-7,12-13,17,20,25H,1-5,8-11,14-16H2/t20-/m0/s1. The third kappa shape index (κ3) is 4.77. The number of hydrogen-bond donors (Lipinski definition) is 1. The molecule has 7 nitrogen and oxygen atoms in total. The molecule has 0 unspecified atom stereocenters. The van der Waals surface area contributed by atoms with Crippen molar-refractivity contribution in [3.05, 3.63) is 40.3 Å². The van der Waals surface area contributed by atoms with Crippen LogP contribution in [0.5, 0.6) is 5.88 Å². The fourth-order valence-corrected chi connectivity index (χ4v) is 4.86. The Hall–Kier alpha value is -2.38. The number of rotatable bonds is 6. The Kier molecular flexibility index (Phi) is 6.22. The van der Waals surface area contributed by atoms with Gasteiger partial charge in [0.15, 0.2) is 0 Å². The average molecular weight is 426 g/mol. The lowest BCUT2D eigenvalue weighted by Gasteiger charge is -2.25. The topological polar surface area (TPSA) is 74.6 Å². The van der Waals surface area contributed by atoms with Crippen LogP contribution in [0, 0.1) is 5.92 Å². The van der Waals surface area contributed by atoms with Crippen molar-refractivity contribution in [3.63, 3.8) is 0 Å². The maximum atomic E-state index is 12.6. The second-order valence-corrected chi connectivity index (χ2v) is 8.80. The molecule has 166 valence electrons. The van der Waals surface area contributed by atoms with Gasteiger partial charge in [-0.1, -0.05) is 25.3 Å². The molecule has 0 bridgehead atoms. The second kappa shape index (κ2) is 9.40. The molecule has 0 spiro atoms. The van der Waals surface area contributed by atoms with Gasteiger partial charge >= 0.3 is 5.69 Å². The number of nitrogens with one attached hydrogen (secondary N) is 1. The SMILES string of the molecule is O=c1nc(OC[C@@H]2COCCO2)cc2n1CCc1cc(NCC3CCCCC3)ccc1-2. The minimum absolute atomic E-state index is 0.126. The van der Waals surface area contributed by atoms with Crippen molar-refractivity contribution in [3.8, 4) is 17.1 Å². The number of ether oxygens (including phenoxy) is 3. The molecule has 1 aromatic heterocycles. The zero-order chi connectivity index (χ0) is 21.0. The summed E-state index contributed by atoms with van der Waals surface area (Å²) in [5.41, 5.74) is 4.11. The molecule has 5 rings (SSSR count).